The Morgan fingerprint density at radius 1 is 1.20 bits per heavy atom. The Bertz CT molecular complexity index is 454. The number of hydrogen-bond acceptors (Lipinski definition) is 3. The number of aliphatic hydroxyl groups excluding tert-OH is 1. The van der Waals surface area contributed by atoms with E-state index in [2.05, 4.69) is 4.98 Å². The molecular formula is C12H12N2O. The summed E-state index contributed by atoms with van der Waals surface area (Å²) in [5.41, 5.74) is 8.32. The fourth-order valence-corrected chi connectivity index (χ4v) is 1.52. The van der Waals surface area contributed by atoms with Crippen molar-refractivity contribution < 1.29 is 5.11 Å². The zero-order chi connectivity index (χ0) is 10.7. The zero-order valence-corrected chi connectivity index (χ0v) is 8.22. The highest BCUT2D eigenvalue weighted by Crippen LogP contribution is 2.23. The van der Waals surface area contributed by atoms with Gasteiger partial charge in [-0.25, -0.2) is 4.98 Å². The average molecular weight is 200 g/mol. The molecule has 0 atom stereocenters. The van der Waals surface area contributed by atoms with Crippen LogP contribution in [0.25, 0.3) is 11.1 Å². The Morgan fingerprint density at radius 2 is 1.93 bits per heavy atom. The van der Waals surface area contributed by atoms with Gasteiger partial charge in [0.05, 0.1) is 6.61 Å². The standard InChI is InChI=1S/C12H12N2O/c13-12-6-10(8-15)11(7-14-12)9-4-2-1-3-5-9/h1-7,15H,8H2,(H2,13,14). The SMILES string of the molecule is Nc1cc(CO)c(-c2ccccc2)cn1. The summed E-state index contributed by atoms with van der Waals surface area (Å²) in [7, 11) is 0. The molecule has 0 fully saturated rings. The molecule has 0 saturated carbocycles. The molecule has 0 unspecified atom stereocenters. The molecule has 0 saturated heterocycles. The molecule has 0 radical (unpaired) electrons. The summed E-state index contributed by atoms with van der Waals surface area (Å²) in [4.78, 5) is 4.03. The highest BCUT2D eigenvalue weighted by atomic mass is 16.3. The van der Waals surface area contributed by atoms with Crippen LogP contribution >= 0.6 is 0 Å². The predicted molar refractivity (Wildman–Crippen MR) is 60.0 cm³/mol. The van der Waals surface area contributed by atoms with Crippen molar-refractivity contribution >= 4 is 5.82 Å². The topological polar surface area (TPSA) is 59.1 Å². The highest BCUT2D eigenvalue weighted by Gasteiger charge is 2.04. The predicted octanol–water partition coefficient (Wildman–Crippen LogP) is 1.82. The van der Waals surface area contributed by atoms with Crippen molar-refractivity contribution in [3.8, 4) is 11.1 Å². The average Bonchev–Trinajstić information content (AvgIpc) is 2.30. The number of rotatable bonds is 2. The monoisotopic (exact) mass is 200 g/mol. The second-order valence-corrected chi connectivity index (χ2v) is 3.29. The van der Waals surface area contributed by atoms with Crippen molar-refractivity contribution in [1.82, 2.24) is 4.98 Å². The van der Waals surface area contributed by atoms with Crippen LogP contribution in [-0.2, 0) is 6.61 Å². The first-order valence-electron chi connectivity index (χ1n) is 4.72. The first kappa shape index (κ1) is 9.68. The highest BCUT2D eigenvalue weighted by molar-refractivity contribution is 5.67. The molecule has 0 spiro atoms. The van der Waals surface area contributed by atoms with Crippen LogP contribution in [-0.4, -0.2) is 10.1 Å². The van der Waals surface area contributed by atoms with Gasteiger partial charge in [0.1, 0.15) is 5.82 Å². The normalized spacial score (nSPS) is 10.2. The van der Waals surface area contributed by atoms with Crippen molar-refractivity contribution in [2.45, 2.75) is 6.61 Å². The summed E-state index contributed by atoms with van der Waals surface area (Å²) in [5.74, 6) is 0.429. The summed E-state index contributed by atoms with van der Waals surface area (Å²) < 4.78 is 0. The van der Waals surface area contributed by atoms with Crippen LogP contribution in [0, 0.1) is 0 Å². The van der Waals surface area contributed by atoms with E-state index >= 15 is 0 Å². The van der Waals surface area contributed by atoms with Crippen LogP contribution in [0.4, 0.5) is 5.82 Å². The number of aromatic nitrogens is 1. The van der Waals surface area contributed by atoms with Gasteiger partial charge in [0.15, 0.2) is 0 Å². The summed E-state index contributed by atoms with van der Waals surface area (Å²) in [6, 6.07) is 11.5. The van der Waals surface area contributed by atoms with E-state index in [4.69, 9.17) is 5.73 Å². The number of hydrogen-bond donors (Lipinski definition) is 2. The molecule has 3 heteroatoms. The third kappa shape index (κ3) is 1.97. The Morgan fingerprint density at radius 3 is 2.60 bits per heavy atom. The number of benzene rings is 1. The smallest absolute Gasteiger partial charge is 0.123 e. The van der Waals surface area contributed by atoms with Crippen molar-refractivity contribution in [1.29, 1.82) is 0 Å². The van der Waals surface area contributed by atoms with Crippen molar-refractivity contribution in [3.63, 3.8) is 0 Å². The van der Waals surface area contributed by atoms with Gasteiger partial charge >= 0.3 is 0 Å². The molecule has 0 aliphatic heterocycles. The molecule has 1 aromatic carbocycles. The largest absolute Gasteiger partial charge is 0.392 e. The Hall–Kier alpha value is -1.87. The molecule has 0 amide bonds. The lowest BCUT2D eigenvalue weighted by atomic mass is 10.0. The minimum absolute atomic E-state index is 0.0308. The van der Waals surface area contributed by atoms with E-state index in [9.17, 15) is 5.11 Å². The van der Waals surface area contributed by atoms with Gasteiger partial charge in [-0.05, 0) is 17.2 Å². The van der Waals surface area contributed by atoms with Crippen molar-refractivity contribution in [2.24, 2.45) is 0 Å². The summed E-state index contributed by atoms with van der Waals surface area (Å²) in [5, 5.41) is 9.22. The molecule has 15 heavy (non-hydrogen) atoms. The Balaban J connectivity index is 2.53. The molecule has 3 N–H and O–H groups in total. The van der Waals surface area contributed by atoms with Gasteiger partial charge in [-0.1, -0.05) is 30.3 Å². The minimum atomic E-state index is -0.0308. The van der Waals surface area contributed by atoms with E-state index < -0.39 is 0 Å². The first-order valence-corrected chi connectivity index (χ1v) is 4.72. The van der Waals surface area contributed by atoms with Gasteiger partial charge in [-0.2, -0.15) is 0 Å². The number of pyridine rings is 1. The van der Waals surface area contributed by atoms with Crippen molar-refractivity contribution in [3.05, 3.63) is 48.2 Å². The van der Waals surface area contributed by atoms with Gasteiger partial charge in [0.2, 0.25) is 0 Å². The molecule has 76 valence electrons. The maximum absolute atomic E-state index is 9.22. The summed E-state index contributed by atoms with van der Waals surface area (Å²) in [6.45, 7) is -0.0308. The molecular weight excluding hydrogens is 188 g/mol. The van der Waals surface area contributed by atoms with E-state index in [1.54, 1.807) is 12.3 Å². The number of aliphatic hydroxyl groups is 1. The lowest BCUT2D eigenvalue weighted by Crippen LogP contribution is -1.96. The molecule has 1 heterocycles. The Labute approximate surface area is 88.2 Å². The van der Waals surface area contributed by atoms with Crippen LogP contribution in [0.1, 0.15) is 5.56 Å². The molecule has 2 aromatic rings. The van der Waals surface area contributed by atoms with E-state index in [-0.39, 0.29) is 6.61 Å². The van der Waals surface area contributed by atoms with Crippen LogP contribution in [0.2, 0.25) is 0 Å². The lowest BCUT2D eigenvalue weighted by molar-refractivity contribution is 0.282. The van der Waals surface area contributed by atoms with Crippen LogP contribution in [0.3, 0.4) is 0 Å². The van der Waals surface area contributed by atoms with Crippen LogP contribution < -0.4 is 5.73 Å². The summed E-state index contributed by atoms with van der Waals surface area (Å²) >= 11 is 0. The van der Waals surface area contributed by atoms with Crippen LogP contribution in [0.15, 0.2) is 42.6 Å². The van der Waals surface area contributed by atoms with Crippen molar-refractivity contribution in [2.75, 3.05) is 5.73 Å². The van der Waals surface area contributed by atoms with E-state index in [1.165, 1.54) is 0 Å². The molecule has 1 aromatic heterocycles. The van der Waals surface area contributed by atoms with E-state index in [1.807, 2.05) is 30.3 Å². The molecule has 2 rings (SSSR count). The lowest BCUT2D eigenvalue weighted by Gasteiger charge is -2.07. The fourth-order valence-electron chi connectivity index (χ4n) is 1.52. The zero-order valence-electron chi connectivity index (χ0n) is 8.22. The van der Waals surface area contributed by atoms with Gasteiger partial charge < -0.3 is 10.8 Å². The minimum Gasteiger partial charge on any atom is -0.392 e. The molecule has 0 bridgehead atoms. The van der Waals surface area contributed by atoms with E-state index in [0.717, 1.165) is 16.7 Å². The quantitative estimate of drug-likeness (QED) is 0.777. The van der Waals surface area contributed by atoms with Gasteiger partial charge in [-0.3, -0.25) is 0 Å². The van der Waals surface area contributed by atoms with Gasteiger partial charge in [0, 0.05) is 11.8 Å². The van der Waals surface area contributed by atoms with E-state index in [0.29, 0.717) is 5.82 Å². The Kier molecular flexibility index (Phi) is 2.65. The molecule has 3 nitrogen and oxygen atoms in total. The van der Waals surface area contributed by atoms with Gasteiger partial charge in [0.25, 0.3) is 0 Å². The van der Waals surface area contributed by atoms with Gasteiger partial charge in [-0.15, -0.1) is 0 Å². The maximum Gasteiger partial charge on any atom is 0.123 e. The molecule has 0 aliphatic carbocycles. The third-order valence-corrected chi connectivity index (χ3v) is 2.27. The second-order valence-electron chi connectivity index (χ2n) is 3.29. The maximum atomic E-state index is 9.22. The number of anilines is 1. The summed E-state index contributed by atoms with van der Waals surface area (Å²) in [6.07, 6.45) is 1.69. The molecule has 0 aliphatic rings. The second kappa shape index (κ2) is 4.11. The number of nitrogens with two attached hydrogens (primary N) is 1. The third-order valence-electron chi connectivity index (χ3n) is 2.27. The number of nitrogens with zero attached hydrogens (tertiary/aromatic N) is 1. The van der Waals surface area contributed by atoms with Crippen LogP contribution in [0.5, 0.6) is 0 Å². The number of nitrogen functional groups attached to an aromatic ring is 1. The first-order chi connectivity index (χ1) is 7.31. The fraction of sp³-hybridized carbons (Fsp3) is 0.0833.